The lowest BCUT2D eigenvalue weighted by atomic mass is 9.90. The Balaban J connectivity index is 1.39. The number of halogens is 2. The molecule has 24 nitrogen and oxygen atoms in total. The Labute approximate surface area is 459 Å². The zero-order valence-corrected chi connectivity index (χ0v) is 43.7. The van der Waals surface area contributed by atoms with Crippen LogP contribution in [0.25, 0.3) is 11.1 Å². The van der Waals surface area contributed by atoms with Crippen LogP contribution in [0.1, 0.15) is 84.8 Å². The third-order valence-electron chi connectivity index (χ3n) is 13.4. The Morgan fingerprint density at radius 1 is 0.709 bits per heavy atom. The molecule has 0 unspecified atom stereocenters. The first kappa shape index (κ1) is 56.8. The quantitative estimate of drug-likeness (QED) is 0.106. The molecule has 9 atom stereocenters. The summed E-state index contributed by atoms with van der Waals surface area (Å²) >= 11 is 13.6. The van der Waals surface area contributed by atoms with Gasteiger partial charge in [0.05, 0.1) is 35.2 Å². The van der Waals surface area contributed by atoms with Crippen molar-refractivity contribution in [1.29, 1.82) is 0 Å². The summed E-state index contributed by atoms with van der Waals surface area (Å²) in [5, 5.41) is 95.0. The summed E-state index contributed by atoms with van der Waals surface area (Å²) < 4.78 is 12.4. The third kappa shape index (κ3) is 12.0. The lowest BCUT2D eigenvalue weighted by Crippen LogP contribution is -2.59. The molecule has 10 rings (SSSR count). The van der Waals surface area contributed by atoms with Crippen molar-refractivity contribution in [3.05, 3.63) is 117 Å². The molecule has 17 N–H and O–H groups in total. The number of hydrogen-bond donors (Lipinski definition) is 15. The van der Waals surface area contributed by atoms with Gasteiger partial charge in [-0.25, -0.2) is 0 Å². The van der Waals surface area contributed by atoms with Gasteiger partial charge in [0.25, 0.3) is 0 Å². The van der Waals surface area contributed by atoms with Gasteiger partial charge in [-0.2, -0.15) is 0 Å². The molecule has 0 aliphatic carbocycles. The van der Waals surface area contributed by atoms with Crippen LogP contribution in [-0.2, 0) is 28.8 Å². The zero-order valence-electron chi connectivity index (χ0n) is 42.2. The molecule has 0 aromatic heterocycles. The summed E-state index contributed by atoms with van der Waals surface area (Å²) in [5.74, 6) is -10.9. The number of nitrogens with one attached hydrogen (secondary N) is 6. The van der Waals surface area contributed by atoms with Crippen molar-refractivity contribution < 1.29 is 74.0 Å². The van der Waals surface area contributed by atoms with Gasteiger partial charge >= 0.3 is 0 Å². The number of carbonyl (C=O) groups excluding carboxylic acids is 6. The number of phenolic OH excluding ortho intramolecular Hbond substituents is 4. The highest BCUT2D eigenvalue weighted by Crippen LogP contribution is 2.48. The first-order chi connectivity index (χ1) is 37.5. The van der Waals surface area contributed by atoms with Crippen molar-refractivity contribution in [3.8, 4) is 57.1 Å². The van der Waals surface area contributed by atoms with Crippen molar-refractivity contribution in [2.75, 3.05) is 13.7 Å². The van der Waals surface area contributed by atoms with Gasteiger partial charge in [-0.15, -0.1) is 0 Å². The van der Waals surface area contributed by atoms with E-state index in [1.165, 1.54) is 67.7 Å². The molecular weight excluding hydrogens is 1070 g/mol. The molecule has 0 radical (unpaired) electrons. The van der Waals surface area contributed by atoms with Crippen LogP contribution in [0, 0.1) is 5.92 Å². The fraction of sp³-hybridized carbons (Fsp3) is 0.302. The van der Waals surface area contributed by atoms with Crippen molar-refractivity contribution in [1.82, 2.24) is 31.9 Å². The number of aromatic hydroxyl groups is 4. The van der Waals surface area contributed by atoms with Crippen LogP contribution >= 0.6 is 23.2 Å². The van der Waals surface area contributed by atoms with E-state index in [1.54, 1.807) is 0 Å². The summed E-state index contributed by atoms with van der Waals surface area (Å²) in [6, 6.07) is 3.50. The molecule has 79 heavy (non-hydrogen) atoms. The molecule has 5 heterocycles. The number of aliphatic hydroxyl groups is 3. The number of nitrogens with zero attached hydrogens (tertiary/aromatic N) is 1. The number of hydrogen-bond acceptors (Lipinski definition) is 18. The standard InChI is InChI=1S/C53H55Cl2N9O15/c1-20(2)10-30(58-3)49(73)63-43-45(70)22-5-8-35(28(54)12-22)78-37-14-24-15-38(47(37)72)79-36-9-6-23(13-29(36)55)46(71)44-53(77)60-32(19-65)26-16-25(66)17-34(68)40(26)27-11-21(4-7-33(27)67)42(51(75)64-44)61-48(57)41(24)62-50(74)31(18-39(56)69)59-52(43)76/h4-9,11-17,20,30-32,41-46,58,65-68,70-72H,10,18-19H2,1-3H3,(H2,56,69)(H2,57,61)(H,59,76)(H,60,77)(H,62,74)(H,63,73)(H,64,75)/t30-,31+,32-,41-,42-,43-,44+,45-,46-/m1/s1. The van der Waals surface area contributed by atoms with Crippen molar-refractivity contribution in [3.63, 3.8) is 0 Å². The van der Waals surface area contributed by atoms with Crippen LogP contribution in [0.15, 0.2) is 83.9 Å². The number of phenols is 4. The number of rotatable bonds is 8. The topological polar surface area (TPSA) is 399 Å². The number of amidine groups is 1. The minimum atomic E-state index is -1.98. The second-order valence-electron chi connectivity index (χ2n) is 19.4. The lowest BCUT2D eigenvalue weighted by Gasteiger charge is -2.30. The van der Waals surface area contributed by atoms with Gasteiger partial charge in [0.2, 0.25) is 41.2 Å². The van der Waals surface area contributed by atoms with Gasteiger partial charge in [-0.05, 0) is 102 Å². The number of primary amides is 1. The van der Waals surface area contributed by atoms with Crippen LogP contribution in [-0.4, -0.2) is 115 Å². The number of likely N-dealkylation sites (N-methyl/N-ethyl adjacent to an activating group) is 1. The van der Waals surface area contributed by atoms with E-state index in [1.807, 2.05) is 13.8 Å². The smallest absolute Gasteiger partial charge is 0.250 e. The van der Waals surface area contributed by atoms with Gasteiger partial charge in [0.15, 0.2) is 17.5 Å². The molecule has 0 fully saturated rings. The molecule has 5 aromatic carbocycles. The zero-order chi connectivity index (χ0) is 57.3. The van der Waals surface area contributed by atoms with E-state index in [0.29, 0.717) is 6.42 Å². The van der Waals surface area contributed by atoms with E-state index < -0.39 is 143 Å². The molecule has 11 bridgehead atoms. The number of nitrogens with two attached hydrogens (primary N) is 2. The van der Waals surface area contributed by atoms with Crippen LogP contribution in [0.4, 0.5) is 0 Å². The predicted octanol–water partition coefficient (Wildman–Crippen LogP) is 2.54. The SMILES string of the molecule is CN[C@H](CC(C)C)C(=O)N[C@H]1C(=O)N[C@@H](CC(N)=O)C(=O)N[C@H]2C(N)=N[C@H]3C(=O)N[C@H](C(=O)N[C@H](CO)c4cc(O)cc(O)c4-c4cc3ccc4O)[C@H](O)c3ccc(c(Cl)c3)Oc3cc2cc(c3O)Oc2ccc(cc2Cl)[C@H]1O. The number of fused-ring (bicyclic) bond motifs is 14. The van der Waals surface area contributed by atoms with Gasteiger partial charge < -0.3 is 88.6 Å². The fourth-order valence-electron chi connectivity index (χ4n) is 9.36. The highest BCUT2D eigenvalue weighted by atomic mass is 35.5. The minimum Gasteiger partial charge on any atom is -0.508 e. The number of amides is 6. The van der Waals surface area contributed by atoms with E-state index in [9.17, 15) is 59.7 Å². The molecule has 0 saturated carbocycles. The van der Waals surface area contributed by atoms with Crippen molar-refractivity contribution in [2.45, 2.75) is 81.2 Å². The maximum atomic E-state index is 15.0. The summed E-state index contributed by atoms with van der Waals surface area (Å²) in [4.78, 5) is 90.0. The number of aliphatic hydroxyl groups excluding tert-OH is 3. The monoisotopic (exact) mass is 1130 g/mol. The lowest BCUT2D eigenvalue weighted by molar-refractivity contribution is -0.136. The second kappa shape index (κ2) is 23.3. The first-order valence-electron chi connectivity index (χ1n) is 24.4. The summed E-state index contributed by atoms with van der Waals surface area (Å²) in [7, 11) is 1.52. The van der Waals surface area contributed by atoms with E-state index in [-0.39, 0.29) is 66.4 Å². The van der Waals surface area contributed by atoms with Crippen LogP contribution in [0.2, 0.25) is 10.0 Å². The largest absolute Gasteiger partial charge is 0.508 e. The van der Waals surface area contributed by atoms with Gasteiger partial charge in [-0.3, -0.25) is 33.8 Å². The highest BCUT2D eigenvalue weighted by Gasteiger charge is 2.40. The molecule has 0 spiro atoms. The molecule has 0 saturated heterocycles. The highest BCUT2D eigenvalue weighted by molar-refractivity contribution is 6.32. The van der Waals surface area contributed by atoms with Crippen molar-refractivity contribution >= 4 is 64.5 Å². The molecule has 5 aliphatic rings. The van der Waals surface area contributed by atoms with Crippen LogP contribution in [0.5, 0.6) is 46.0 Å². The third-order valence-corrected chi connectivity index (χ3v) is 13.9. The Kier molecular flexibility index (Phi) is 16.7. The molecule has 416 valence electrons. The Morgan fingerprint density at radius 3 is 1.90 bits per heavy atom. The van der Waals surface area contributed by atoms with E-state index >= 15 is 4.79 Å². The van der Waals surface area contributed by atoms with Gasteiger partial charge in [-0.1, -0.05) is 55.2 Å². The Hall–Kier alpha value is -8.39. The van der Waals surface area contributed by atoms with Crippen molar-refractivity contribution in [2.24, 2.45) is 22.4 Å². The van der Waals surface area contributed by atoms with E-state index in [2.05, 4.69) is 36.9 Å². The average molecular weight is 1130 g/mol. The minimum absolute atomic E-state index is 0.0112. The first-order valence-corrected chi connectivity index (χ1v) is 25.2. The Morgan fingerprint density at radius 2 is 1.32 bits per heavy atom. The van der Waals surface area contributed by atoms with E-state index in [4.69, 9.17) is 44.1 Å². The summed E-state index contributed by atoms with van der Waals surface area (Å²) in [6.07, 6.45) is -4.47. The maximum absolute atomic E-state index is 15.0. The molecule has 5 aromatic rings. The predicted molar refractivity (Wildman–Crippen MR) is 283 cm³/mol. The Bertz CT molecular complexity index is 3310. The second-order valence-corrected chi connectivity index (χ2v) is 20.2. The molecule has 6 amide bonds. The summed E-state index contributed by atoms with van der Waals surface area (Å²) in [5.41, 5.74) is 11.6. The number of benzene rings is 5. The van der Waals surface area contributed by atoms with Gasteiger partial charge in [0.1, 0.15) is 71.0 Å². The van der Waals surface area contributed by atoms with Crippen LogP contribution < -0.4 is 52.8 Å². The number of aliphatic imine (C=N–C) groups is 1. The average Bonchev–Trinajstić information content (AvgIpc) is 3.43. The maximum Gasteiger partial charge on any atom is 0.250 e. The normalized spacial score (nSPS) is 22.6. The number of ether oxygens (including phenoxy) is 2. The fourth-order valence-corrected chi connectivity index (χ4v) is 9.82. The molecular formula is C53H55Cl2N9O15. The van der Waals surface area contributed by atoms with E-state index in [0.717, 1.165) is 18.2 Å². The number of carbonyl (C=O) groups is 6. The molecule has 5 aliphatic heterocycles. The van der Waals surface area contributed by atoms with Gasteiger partial charge in [0, 0.05) is 17.2 Å². The van der Waals surface area contributed by atoms with Crippen LogP contribution in [0.3, 0.4) is 0 Å². The summed E-state index contributed by atoms with van der Waals surface area (Å²) in [6.45, 7) is 2.84. The molecule has 26 heteroatoms.